The van der Waals surface area contributed by atoms with E-state index < -0.39 is 5.91 Å². The summed E-state index contributed by atoms with van der Waals surface area (Å²) in [5.41, 5.74) is 2.77. The highest BCUT2D eigenvalue weighted by Gasteiger charge is 2.20. The van der Waals surface area contributed by atoms with E-state index in [9.17, 15) is 9.59 Å². The smallest absolute Gasteiger partial charge is 0.266 e. The number of carbonyl (C=O) groups is 2. The SMILES string of the molecule is C=C(Cl)C(=O)Nc1cccc(Nc2nc(Nc3ccc(N4CCN(C(C)=O)CC4)c(Cl)c3)ncc2Cl)c1. The molecule has 0 saturated carbocycles. The maximum atomic E-state index is 11.8. The Bertz CT molecular complexity index is 1340. The summed E-state index contributed by atoms with van der Waals surface area (Å²) >= 11 is 18.5. The maximum Gasteiger partial charge on any atom is 0.266 e. The quantitative estimate of drug-likeness (QED) is 0.322. The Morgan fingerprint density at radius 3 is 2.32 bits per heavy atom. The first-order valence-electron chi connectivity index (χ1n) is 11.3. The van der Waals surface area contributed by atoms with Crippen LogP contribution in [0.15, 0.2) is 60.3 Å². The molecule has 1 fully saturated rings. The number of halogens is 3. The largest absolute Gasteiger partial charge is 0.367 e. The van der Waals surface area contributed by atoms with Crippen LogP contribution in [0.4, 0.5) is 34.5 Å². The summed E-state index contributed by atoms with van der Waals surface area (Å²) in [5.74, 6) is 0.275. The number of anilines is 6. The van der Waals surface area contributed by atoms with E-state index in [0.717, 1.165) is 5.69 Å². The van der Waals surface area contributed by atoms with Gasteiger partial charge in [-0.3, -0.25) is 9.59 Å². The van der Waals surface area contributed by atoms with Crippen LogP contribution in [0.1, 0.15) is 6.92 Å². The van der Waals surface area contributed by atoms with Gasteiger partial charge in [0.05, 0.1) is 21.9 Å². The normalized spacial score (nSPS) is 13.2. The highest BCUT2D eigenvalue weighted by Crippen LogP contribution is 2.31. The van der Waals surface area contributed by atoms with E-state index in [1.807, 2.05) is 17.0 Å². The highest BCUT2D eigenvalue weighted by atomic mass is 35.5. The first kappa shape index (κ1) is 26.5. The highest BCUT2D eigenvalue weighted by molar-refractivity contribution is 6.43. The lowest BCUT2D eigenvalue weighted by Crippen LogP contribution is -2.48. The van der Waals surface area contributed by atoms with Gasteiger partial charge in [0.2, 0.25) is 11.9 Å². The molecule has 3 aromatic rings. The first-order valence-corrected chi connectivity index (χ1v) is 12.5. The van der Waals surface area contributed by atoms with Crippen molar-refractivity contribution in [1.29, 1.82) is 0 Å². The summed E-state index contributed by atoms with van der Waals surface area (Å²) in [6.07, 6.45) is 1.48. The molecule has 2 heterocycles. The lowest BCUT2D eigenvalue weighted by atomic mass is 10.2. The predicted molar refractivity (Wildman–Crippen MR) is 150 cm³/mol. The summed E-state index contributed by atoms with van der Waals surface area (Å²) in [6, 6.07) is 12.6. The molecule has 4 rings (SSSR count). The molecule has 9 nitrogen and oxygen atoms in total. The van der Waals surface area contributed by atoms with Gasteiger partial charge in [-0.1, -0.05) is 47.4 Å². The Morgan fingerprint density at radius 2 is 1.65 bits per heavy atom. The van der Waals surface area contributed by atoms with E-state index in [1.54, 1.807) is 37.3 Å². The van der Waals surface area contributed by atoms with Crippen molar-refractivity contribution in [1.82, 2.24) is 14.9 Å². The molecule has 2 aromatic carbocycles. The molecule has 2 amide bonds. The van der Waals surface area contributed by atoms with Gasteiger partial charge in [-0.05, 0) is 36.4 Å². The van der Waals surface area contributed by atoms with Crippen molar-refractivity contribution in [2.24, 2.45) is 0 Å². The average Bonchev–Trinajstić information content (AvgIpc) is 2.86. The molecule has 0 radical (unpaired) electrons. The fourth-order valence-corrected chi connectivity index (χ4v) is 4.24. The monoisotopic (exact) mass is 559 g/mol. The number of hydrogen-bond acceptors (Lipinski definition) is 7. The van der Waals surface area contributed by atoms with Gasteiger partial charge in [-0.25, -0.2) is 4.98 Å². The maximum absolute atomic E-state index is 11.8. The van der Waals surface area contributed by atoms with Crippen LogP contribution in [0, 0.1) is 0 Å². The zero-order chi connectivity index (χ0) is 26.5. The van der Waals surface area contributed by atoms with Crippen molar-refractivity contribution in [3.8, 4) is 0 Å². The van der Waals surface area contributed by atoms with Crippen molar-refractivity contribution < 1.29 is 9.59 Å². The number of aromatic nitrogens is 2. The molecule has 1 aliphatic rings. The summed E-state index contributed by atoms with van der Waals surface area (Å²) in [4.78, 5) is 36.1. The first-order chi connectivity index (χ1) is 17.7. The number of nitrogens with one attached hydrogen (secondary N) is 3. The molecule has 12 heteroatoms. The van der Waals surface area contributed by atoms with Crippen molar-refractivity contribution >= 4 is 81.1 Å². The predicted octanol–water partition coefficient (Wildman–Crippen LogP) is 5.63. The number of nitrogens with zero attached hydrogens (tertiary/aromatic N) is 4. The van der Waals surface area contributed by atoms with Gasteiger partial charge in [-0.2, -0.15) is 4.98 Å². The van der Waals surface area contributed by atoms with Crippen molar-refractivity contribution in [2.75, 3.05) is 47.0 Å². The van der Waals surface area contributed by atoms with E-state index in [0.29, 0.717) is 65.1 Å². The fraction of sp³-hybridized carbons (Fsp3) is 0.200. The molecule has 0 bridgehead atoms. The molecule has 0 aliphatic carbocycles. The standard InChI is InChI=1S/C25H24Cl3N7O2/c1-15(26)24(37)31-18-5-3-4-17(12-18)30-23-21(28)14-29-25(33-23)32-19-6-7-22(20(27)13-19)35-10-8-34(9-11-35)16(2)36/h3-7,12-14H,1,8-11H2,2H3,(H,31,37)(H2,29,30,32,33). The van der Waals surface area contributed by atoms with Crippen LogP contribution in [0.3, 0.4) is 0 Å². The Hall–Kier alpha value is -3.53. The van der Waals surface area contributed by atoms with Gasteiger partial charge in [-0.15, -0.1) is 0 Å². The van der Waals surface area contributed by atoms with Crippen molar-refractivity contribution in [3.63, 3.8) is 0 Å². The number of amides is 2. The molecule has 1 aliphatic heterocycles. The minimum Gasteiger partial charge on any atom is -0.367 e. The van der Waals surface area contributed by atoms with Crippen LogP contribution in [-0.2, 0) is 9.59 Å². The van der Waals surface area contributed by atoms with Gasteiger partial charge in [0.25, 0.3) is 5.91 Å². The third kappa shape index (κ3) is 6.82. The number of carbonyl (C=O) groups excluding carboxylic acids is 2. The summed E-state index contributed by atoms with van der Waals surface area (Å²) in [7, 11) is 0. The number of piperazine rings is 1. The van der Waals surface area contributed by atoms with Gasteiger partial charge in [0.1, 0.15) is 5.02 Å². The average molecular weight is 561 g/mol. The number of benzene rings is 2. The van der Waals surface area contributed by atoms with Crippen LogP contribution in [0.25, 0.3) is 0 Å². The third-order valence-corrected chi connectivity index (χ3v) is 6.39. The van der Waals surface area contributed by atoms with Crippen LogP contribution < -0.4 is 20.9 Å². The zero-order valence-corrected chi connectivity index (χ0v) is 22.2. The van der Waals surface area contributed by atoms with E-state index in [-0.39, 0.29) is 10.9 Å². The van der Waals surface area contributed by atoms with Gasteiger partial charge >= 0.3 is 0 Å². The van der Waals surface area contributed by atoms with E-state index in [1.165, 1.54) is 6.20 Å². The number of rotatable bonds is 7. The van der Waals surface area contributed by atoms with Crippen molar-refractivity contribution in [3.05, 3.63) is 70.3 Å². The second kappa shape index (κ2) is 11.7. The molecular formula is C25H24Cl3N7O2. The molecule has 0 atom stereocenters. The Morgan fingerprint density at radius 1 is 0.946 bits per heavy atom. The van der Waals surface area contributed by atoms with Crippen LogP contribution in [0.5, 0.6) is 0 Å². The third-order valence-electron chi connectivity index (χ3n) is 5.64. The molecule has 3 N–H and O–H groups in total. The second-order valence-corrected chi connectivity index (χ2v) is 9.51. The molecular weight excluding hydrogens is 537 g/mol. The Balaban J connectivity index is 1.45. The van der Waals surface area contributed by atoms with Gasteiger partial charge < -0.3 is 25.8 Å². The molecule has 192 valence electrons. The topological polar surface area (TPSA) is 102 Å². The summed E-state index contributed by atoms with van der Waals surface area (Å²) in [5, 5.41) is 9.69. The molecule has 37 heavy (non-hydrogen) atoms. The minimum absolute atomic E-state index is 0.0826. The van der Waals surface area contributed by atoms with Gasteiger partial charge in [0, 0.05) is 50.2 Å². The number of hydrogen-bond donors (Lipinski definition) is 3. The van der Waals surface area contributed by atoms with Gasteiger partial charge in [0.15, 0.2) is 5.82 Å². The second-order valence-electron chi connectivity index (χ2n) is 8.24. The molecule has 0 unspecified atom stereocenters. The van der Waals surface area contributed by atoms with Crippen molar-refractivity contribution in [2.45, 2.75) is 6.92 Å². The van der Waals surface area contributed by atoms with E-state index in [2.05, 4.69) is 37.4 Å². The Kier molecular flexibility index (Phi) is 8.38. The van der Waals surface area contributed by atoms with Crippen LogP contribution >= 0.6 is 34.8 Å². The lowest BCUT2D eigenvalue weighted by Gasteiger charge is -2.36. The van der Waals surface area contributed by atoms with E-state index in [4.69, 9.17) is 34.8 Å². The van der Waals surface area contributed by atoms with Crippen LogP contribution in [-0.4, -0.2) is 52.9 Å². The molecule has 1 aromatic heterocycles. The molecule has 0 spiro atoms. The molecule has 1 saturated heterocycles. The zero-order valence-electron chi connectivity index (χ0n) is 19.9. The van der Waals surface area contributed by atoms with E-state index >= 15 is 0 Å². The summed E-state index contributed by atoms with van der Waals surface area (Å²) in [6.45, 7) is 7.75. The Labute approximate surface area is 229 Å². The fourth-order valence-electron chi connectivity index (χ4n) is 3.76. The summed E-state index contributed by atoms with van der Waals surface area (Å²) < 4.78 is 0. The lowest BCUT2D eigenvalue weighted by molar-refractivity contribution is -0.129. The van der Waals surface area contributed by atoms with Crippen LogP contribution in [0.2, 0.25) is 10.0 Å². The minimum atomic E-state index is -0.492.